The lowest BCUT2D eigenvalue weighted by Gasteiger charge is -2.37. The van der Waals surface area contributed by atoms with Gasteiger partial charge >= 0.3 is 0 Å². The van der Waals surface area contributed by atoms with E-state index >= 15 is 0 Å². The Hall–Kier alpha value is -1.68. The second kappa shape index (κ2) is 11.9. The number of aliphatic imine (C=N–C) groups is 1. The second-order valence-electron chi connectivity index (χ2n) is 6.36. The largest absolute Gasteiger partial charge is 0.383 e. The molecule has 0 spiro atoms. The minimum absolute atomic E-state index is 0.0909. The van der Waals surface area contributed by atoms with Crippen LogP contribution < -0.4 is 16.0 Å². The molecule has 27 heavy (non-hydrogen) atoms. The number of rotatable bonds is 9. The summed E-state index contributed by atoms with van der Waals surface area (Å²) in [6.07, 6.45) is 0.231. The molecule has 2 heterocycles. The molecule has 0 aromatic carbocycles. The molecule has 8 nitrogen and oxygen atoms in total. The van der Waals surface area contributed by atoms with Crippen LogP contribution in [0.25, 0.3) is 0 Å². The first-order chi connectivity index (χ1) is 13.1. The Morgan fingerprint density at radius 2 is 2.33 bits per heavy atom. The minimum atomic E-state index is -0.0909. The fraction of sp³-hybridized carbons (Fsp3) is 0.667. The summed E-state index contributed by atoms with van der Waals surface area (Å²) in [5.41, 5.74) is 0. The Kier molecular flexibility index (Phi) is 9.54. The van der Waals surface area contributed by atoms with Gasteiger partial charge in [0.05, 0.1) is 31.9 Å². The molecule has 152 valence electrons. The van der Waals surface area contributed by atoms with E-state index in [9.17, 15) is 4.79 Å². The number of amides is 1. The van der Waals surface area contributed by atoms with Crippen molar-refractivity contribution in [2.24, 2.45) is 4.99 Å². The summed E-state index contributed by atoms with van der Waals surface area (Å²) in [4.78, 5) is 19.8. The van der Waals surface area contributed by atoms with Crippen LogP contribution >= 0.6 is 11.3 Å². The molecule has 0 aliphatic carbocycles. The average Bonchev–Trinajstić information content (AvgIpc) is 3.19. The summed E-state index contributed by atoms with van der Waals surface area (Å²) in [7, 11) is 3.31. The third-order valence-corrected chi connectivity index (χ3v) is 5.29. The van der Waals surface area contributed by atoms with Crippen LogP contribution in [0.4, 0.5) is 0 Å². The number of carbonyl (C=O) groups is 1. The standard InChI is InChI=1S/C18H31N5O3S/c1-14-13-23(7-9-26-14)15(16-5-4-10-27-16)11-21-18(19-2)22-12-17(24)20-6-8-25-3/h4-5,10,14-15H,6-9,11-13H2,1-3H3,(H,20,24)(H2,19,21,22). The zero-order chi connectivity index (χ0) is 19.5. The lowest BCUT2D eigenvalue weighted by Crippen LogP contribution is -2.49. The number of hydrogen-bond acceptors (Lipinski definition) is 6. The van der Waals surface area contributed by atoms with E-state index in [0.717, 1.165) is 19.7 Å². The van der Waals surface area contributed by atoms with Gasteiger partial charge in [-0.25, -0.2) is 0 Å². The molecule has 1 saturated heterocycles. The molecule has 1 amide bonds. The van der Waals surface area contributed by atoms with Gasteiger partial charge in [0.2, 0.25) is 5.91 Å². The molecular weight excluding hydrogens is 366 g/mol. The van der Waals surface area contributed by atoms with Crippen LogP contribution in [0.5, 0.6) is 0 Å². The molecule has 1 aliphatic rings. The van der Waals surface area contributed by atoms with Gasteiger partial charge in [-0.3, -0.25) is 14.7 Å². The van der Waals surface area contributed by atoms with E-state index in [1.807, 2.05) is 0 Å². The zero-order valence-electron chi connectivity index (χ0n) is 16.4. The predicted molar refractivity (Wildman–Crippen MR) is 108 cm³/mol. The normalized spacial score (nSPS) is 19.5. The number of thiophene rings is 1. The van der Waals surface area contributed by atoms with E-state index in [0.29, 0.717) is 25.7 Å². The molecule has 1 aromatic heterocycles. The van der Waals surface area contributed by atoms with Gasteiger partial charge < -0.3 is 25.4 Å². The van der Waals surface area contributed by atoms with Crippen LogP contribution in [0, 0.1) is 0 Å². The Bertz CT molecular complexity index is 582. The SMILES string of the molecule is CN=C(NCC(=O)NCCOC)NCC(c1cccs1)N1CCOC(C)C1. The third-order valence-electron chi connectivity index (χ3n) is 4.32. The molecule has 2 rings (SSSR count). The van der Waals surface area contributed by atoms with E-state index in [4.69, 9.17) is 9.47 Å². The van der Waals surface area contributed by atoms with Crippen molar-refractivity contribution in [3.05, 3.63) is 22.4 Å². The third kappa shape index (κ3) is 7.45. The maximum atomic E-state index is 11.8. The molecule has 1 aromatic rings. The summed E-state index contributed by atoms with van der Waals surface area (Å²) in [5.74, 6) is 0.520. The van der Waals surface area contributed by atoms with Crippen LogP contribution in [0.1, 0.15) is 17.8 Å². The molecule has 2 unspecified atom stereocenters. The Balaban J connectivity index is 1.86. The van der Waals surface area contributed by atoms with E-state index in [-0.39, 0.29) is 24.6 Å². The van der Waals surface area contributed by atoms with Gasteiger partial charge in [-0.1, -0.05) is 6.07 Å². The number of guanidine groups is 1. The number of morpholine rings is 1. The van der Waals surface area contributed by atoms with Crippen molar-refractivity contribution in [3.63, 3.8) is 0 Å². The summed E-state index contributed by atoms with van der Waals surface area (Å²) in [6.45, 7) is 6.53. The van der Waals surface area contributed by atoms with Gasteiger partial charge in [0, 0.05) is 45.2 Å². The second-order valence-corrected chi connectivity index (χ2v) is 7.34. The number of nitrogens with zero attached hydrogens (tertiary/aromatic N) is 2. The van der Waals surface area contributed by atoms with Crippen molar-refractivity contribution in [2.75, 3.05) is 60.1 Å². The van der Waals surface area contributed by atoms with Crippen LogP contribution in [-0.4, -0.2) is 83.0 Å². The van der Waals surface area contributed by atoms with Crippen molar-refractivity contribution in [1.29, 1.82) is 0 Å². The van der Waals surface area contributed by atoms with E-state index < -0.39 is 0 Å². The number of ether oxygens (including phenoxy) is 2. The predicted octanol–water partition coefficient (Wildman–Crippen LogP) is 0.438. The van der Waals surface area contributed by atoms with Gasteiger partial charge in [0.15, 0.2) is 5.96 Å². The van der Waals surface area contributed by atoms with Gasteiger partial charge in [-0.15, -0.1) is 11.3 Å². The Labute approximate surface area is 165 Å². The smallest absolute Gasteiger partial charge is 0.239 e. The summed E-state index contributed by atoms with van der Waals surface area (Å²) in [6, 6.07) is 4.48. The van der Waals surface area contributed by atoms with Crippen LogP contribution in [0.2, 0.25) is 0 Å². The van der Waals surface area contributed by atoms with Gasteiger partial charge in [-0.05, 0) is 18.4 Å². The first kappa shape index (κ1) is 21.6. The molecular formula is C18H31N5O3S. The highest BCUT2D eigenvalue weighted by Crippen LogP contribution is 2.26. The topological polar surface area (TPSA) is 87.2 Å². The maximum absolute atomic E-state index is 11.8. The fourth-order valence-electron chi connectivity index (χ4n) is 2.95. The Morgan fingerprint density at radius 1 is 1.48 bits per heavy atom. The highest BCUT2D eigenvalue weighted by molar-refractivity contribution is 7.10. The number of methoxy groups -OCH3 is 1. The molecule has 1 aliphatic heterocycles. The fourth-order valence-corrected chi connectivity index (χ4v) is 3.81. The highest BCUT2D eigenvalue weighted by Gasteiger charge is 2.26. The molecule has 1 fully saturated rings. The lowest BCUT2D eigenvalue weighted by molar-refractivity contribution is -0.120. The van der Waals surface area contributed by atoms with Crippen LogP contribution in [-0.2, 0) is 14.3 Å². The lowest BCUT2D eigenvalue weighted by atomic mass is 10.1. The number of carbonyl (C=O) groups excluding carboxylic acids is 1. The highest BCUT2D eigenvalue weighted by atomic mass is 32.1. The van der Waals surface area contributed by atoms with Crippen molar-refractivity contribution >= 4 is 23.2 Å². The maximum Gasteiger partial charge on any atom is 0.239 e. The quantitative estimate of drug-likeness (QED) is 0.318. The van der Waals surface area contributed by atoms with Crippen molar-refractivity contribution in [1.82, 2.24) is 20.9 Å². The monoisotopic (exact) mass is 397 g/mol. The van der Waals surface area contributed by atoms with E-state index in [1.165, 1.54) is 4.88 Å². The summed E-state index contributed by atoms with van der Waals surface area (Å²) < 4.78 is 10.6. The molecule has 3 N–H and O–H groups in total. The first-order valence-electron chi connectivity index (χ1n) is 9.23. The minimum Gasteiger partial charge on any atom is -0.383 e. The van der Waals surface area contributed by atoms with Crippen LogP contribution in [0.3, 0.4) is 0 Å². The van der Waals surface area contributed by atoms with Gasteiger partial charge in [0.1, 0.15) is 0 Å². The van der Waals surface area contributed by atoms with Gasteiger partial charge in [-0.2, -0.15) is 0 Å². The summed E-state index contributed by atoms with van der Waals surface area (Å²) in [5, 5.41) is 11.3. The summed E-state index contributed by atoms with van der Waals surface area (Å²) >= 11 is 1.76. The number of hydrogen-bond donors (Lipinski definition) is 3. The average molecular weight is 398 g/mol. The van der Waals surface area contributed by atoms with Gasteiger partial charge in [0.25, 0.3) is 0 Å². The zero-order valence-corrected chi connectivity index (χ0v) is 17.2. The van der Waals surface area contributed by atoms with Crippen molar-refractivity contribution in [3.8, 4) is 0 Å². The Morgan fingerprint density at radius 3 is 3.00 bits per heavy atom. The van der Waals surface area contributed by atoms with Crippen LogP contribution in [0.15, 0.2) is 22.5 Å². The molecule has 0 bridgehead atoms. The first-order valence-corrected chi connectivity index (χ1v) is 10.1. The van der Waals surface area contributed by atoms with Crippen molar-refractivity contribution < 1.29 is 14.3 Å². The van der Waals surface area contributed by atoms with E-state index in [2.05, 4.69) is 50.3 Å². The number of nitrogens with one attached hydrogen (secondary N) is 3. The molecule has 0 saturated carbocycles. The molecule has 2 atom stereocenters. The molecule has 9 heteroatoms. The van der Waals surface area contributed by atoms with E-state index in [1.54, 1.807) is 25.5 Å². The van der Waals surface area contributed by atoms with Crippen molar-refractivity contribution in [2.45, 2.75) is 19.1 Å². The molecule has 0 radical (unpaired) electrons.